The second kappa shape index (κ2) is 46.2. The molecule has 0 bridgehead atoms. The Morgan fingerprint density at radius 1 is 0.559 bits per heavy atom. The highest BCUT2D eigenvalue weighted by molar-refractivity contribution is 7.80. The molecular formula is C55H100O12S. The summed E-state index contributed by atoms with van der Waals surface area (Å²) in [5.74, 6) is -0.403. The molecular weight excluding hydrogens is 885 g/mol. The average Bonchev–Trinajstić information content (AvgIpc) is 3.31. The number of ether oxygens (including phenoxy) is 4. The molecule has 13 heteroatoms. The van der Waals surface area contributed by atoms with Gasteiger partial charge >= 0.3 is 16.4 Å². The van der Waals surface area contributed by atoms with Crippen LogP contribution in [0, 0.1) is 0 Å². The predicted molar refractivity (Wildman–Crippen MR) is 276 cm³/mol. The Balaban J connectivity index is 2.33. The van der Waals surface area contributed by atoms with Gasteiger partial charge in [0.2, 0.25) is 0 Å². The molecule has 0 aromatic carbocycles. The van der Waals surface area contributed by atoms with Gasteiger partial charge in [0.15, 0.2) is 6.29 Å². The van der Waals surface area contributed by atoms with Crippen LogP contribution in [0.4, 0.5) is 0 Å². The van der Waals surface area contributed by atoms with Gasteiger partial charge < -0.3 is 34.3 Å². The minimum atomic E-state index is -5.07. The van der Waals surface area contributed by atoms with Gasteiger partial charge in [-0.25, -0.2) is 4.18 Å². The lowest BCUT2D eigenvalue weighted by Crippen LogP contribution is -2.60. The Kier molecular flexibility index (Phi) is 43.5. The number of rotatable bonds is 48. The van der Waals surface area contributed by atoms with Crippen molar-refractivity contribution in [1.82, 2.24) is 0 Å². The van der Waals surface area contributed by atoms with E-state index in [1.165, 1.54) is 148 Å². The van der Waals surface area contributed by atoms with E-state index in [9.17, 15) is 33.1 Å². The maximum Gasteiger partial charge on any atom is 0.397 e. The summed E-state index contributed by atoms with van der Waals surface area (Å²) in [4.78, 5) is 12.9. The Morgan fingerprint density at radius 3 is 1.43 bits per heavy atom. The van der Waals surface area contributed by atoms with Crippen molar-refractivity contribution in [3.63, 3.8) is 0 Å². The molecule has 0 spiro atoms. The summed E-state index contributed by atoms with van der Waals surface area (Å²) in [5, 5.41) is 30.8. The molecule has 4 N–H and O–H groups in total. The maximum absolute atomic E-state index is 12.9. The summed E-state index contributed by atoms with van der Waals surface area (Å²) >= 11 is 0. The summed E-state index contributed by atoms with van der Waals surface area (Å²) in [7, 11) is -5.07. The SMILES string of the molecule is CCCCC/C=C\C/C=C\CCCCCCCCCCCC(=O)OC(COCCCCCCCCCCCC/C=C\C/C=C\CCCCCCC)COC1OC(CO)C(O)C(OS(=O)(=O)O)C1O. The quantitative estimate of drug-likeness (QED) is 0.0197. The molecule has 0 saturated carbocycles. The van der Waals surface area contributed by atoms with Gasteiger partial charge in [-0.3, -0.25) is 9.35 Å². The first kappa shape index (κ1) is 64.1. The second-order valence-electron chi connectivity index (χ2n) is 18.8. The number of allylic oxidation sites excluding steroid dienone is 8. The average molecular weight is 985 g/mol. The fourth-order valence-electron chi connectivity index (χ4n) is 8.26. The van der Waals surface area contributed by atoms with Crippen molar-refractivity contribution in [3.05, 3.63) is 48.6 Å². The maximum atomic E-state index is 12.9. The second-order valence-corrected chi connectivity index (χ2v) is 19.9. The molecule has 6 unspecified atom stereocenters. The lowest BCUT2D eigenvalue weighted by molar-refractivity contribution is -0.301. The minimum Gasteiger partial charge on any atom is -0.457 e. The molecule has 1 rings (SSSR count). The molecule has 1 aliphatic rings. The molecule has 1 fully saturated rings. The summed E-state index contributed by atoms with van der Waals surface area (Å²) in [6.07, 6.45) is 48.5. The first-order valence-corrected chi connectivity index (χ1v) is 28.8. The van der Waals surface area contributed by atoms with E-state index < -0.39 is 59.8 Å². The summed E-state index contributed by atoms with van der Waals surface area (Å²) in [6, 6.07) is 0. The third-order valence-corrected chi connectivity index (χ3v) is 12.9. The lowest BCUT2D eigenvalue weighted by atomic mass is 9.99. The van der Waals surface area contributed by atoms with Gasteiger partial charge in [-0.2, -0.15) is 8.42 Å². The van der Waals surface area contributed by atoms with Crippen LogP contribution in [0.5, 0.6) is 0 Å². The van der Waals surface area contributed by atoms with Crippen LogP contribution >= 0.6 is 0 Å². The highest BCUT2D eigenvalue weighted by atomic mass is 32.3. The van der Waals surface area contributed by atoms with E-state index in [1.807, 2.05) is 0 Å². The van der Waals surface area contributed by atoms with Crippen LogP contribution in [0.15, 0.2) is 48.6 Å². The molecule has 0 aliphatic carbocycles. The Hall–Kier alpha value is -1.94. The van der Waals surface area contributed by atoms with Crippen LogP contribution in [0.1, 0.15) is 232 Å². The zero-order chi connectivity index (χ0) is 49.6. The summed E-state index contributed by atoms with van der Waals surface area (Å²) < 4.78 is 59.3. The first-order valence-electron chi connectivity index (χ1n) is 27.4. The van der Waals surface area contributed by atoms with E-state index in [1.54, 1.807) is 0 Å². The number of hydrogen-bond acceptors (Lipinski definition) is 11. The van der Waals surface area contributed by atoms with Crippen molar-refractivity contribution in [2.24, 2.45) is 0 Å². The minimum absolute atomic E-state index is 0.0322. The Morgan fingerprint density at radius 2 is 0.971 bits per heavy atom. The number of aliphatic hydroxyl groups excluding tert-OH is 3. The predicted octanol–water partition coefficient (Wildman–Crippen LogP) is 13.1. The monoisotopic (exact) mass is 985 g/mol. The zero-order valence-electron chi connectivity index (χ0n) is 42.9. The van der Waals surface area contributed by atoms with Gasteiger partial charge in [-0.05, 0) is 77.0 Å². The van der Waals surface area contributed by atoms with Crippen molar-refractivity contribution in [2.45, 2.75) is 269 Å². The molecule has 1 heterocycles. The van der Waals surface area contributed by atoms with Crippen LogP contribution in [-0.2, 0) is 38.3 Å². The molecule has 68 heavy (non-hydrogen) atoms. The van der Waals surface area contributed by atoms with Crippen LogP contribution < -0.4 is 0 Å². The lowest BCUT2D eigenvalue weighted by Gasteiger charge is -2.41. The van der Waals surface area contributed by atoms with E-state index in [0.29, 0.717) is 13.0 Å². The fourth-order valence-corrected chi connectivity index (χ4v) is 8.77. The third kappa shape index (κ3) is 38.8. The molecule has 12 nitrogen and oxygen atoms in total. The van der Waals surface area contributed by atoms with Crippen molar-refractivity contribution < 1.29 is 56.2 Å². The number of unbranched alkanes of at least 4 members (excludes halogenated alkanes) is 27. The topological polar surface area (TPSA) is 178 Å². The van der Waals surface area contributed by atoms with Gasteiger partial charge in [-0.15, -0.1) is 0 Å². The molecule has 0 aromatic rings. The van der Waals surface area contributed by atoms with Crippen LogP contribution in [0.25, 0.3) is 0 Å². The standard InChI is InChI=1S/C55H100O12S/c1-3-5-7-9-11-13-15-17-19-21-23-24-25-27-29-31-33-35-37-39-41-43-45-63-47-49(48-64-55-53(59)54(67-68(60,61)62)52(58)50(46-56)66-55)65-51(57)44-42-40-38-36-34-32-30-28-26-22-20-18-16-14-12-10-8-6-4-2/h12,14-15,17-18,20-21,23,49-50,52-56,58-59H,3-11,13,16,19,22,24-48H2,1-2H3,(H,60,61,62)/b14-12-,17-15-,20-18-,23-21-. The van der Waals surface area contributed by atoms with Gasteiger partial charge in [0.25, 0.3) is 0 Å². The molecule has 6 atom stereocenters. The van der Waals surface area contributed by atoms with Crippen LogP contribution in [0.3, 0.4) is 0 Å². The van der Waals surface area contributed by atoms with Crippen molar-refractivity contribution in [1.29, 1.82) is 0 Å². The largest absolute Gasteiger partial charge is 0.457 e. The first-order chi connectivity index (χ1) is 33.1. The van der Waals surface area contributed by atoms with E-state index in [0.717, 1.165) is 57.8 Å². The van der Waals surface area contributed by atoms with E-state index >= 15 is 0 Å². The number of esters is 1. The smallest absolute Gasteiger partial charge is 0.397 e. The molecule has 0 amide bonds. The van der Waals surface area contributed by atoms with Gasteiger partial charge in [0, 0.05) is 13.0 Å². The Labute approximate surface area is 415 Å². The molecule has 1 aliphatic heterocycles. The highest BCUT2D eigenvalue weighted by Gasteiger charge is 2.48. The summed E-state index contributed by atoms with van der Waals surface area (Å²) in [5.41, 5.74) is 0. The number of hydrogen-bond donors (Lipinski definition) is 4. The van der Waals surface area contributed by atoms with Gasteiger partial charge in [-0.1, -0.05) is 197 Å². The fraction of sp³-hybridized carbons (Fsp3) is 0.836. The van der Waals surface area contributed by atoms with Crippen LogP contribution in [-0.4, -0.2) is 97.5 Å². The Bertz CT molecular complexity index is 1370. The van der Waals surface area contributed by atoms with Gasteiger partial charge in [0.1, 0.15) is 30.5 Å². The van der Waals surface area contributed by atoms with Crippen molar-refractivity contribution in [3.8, 4) is 0 Å². The molecule has 1 saturated heterocycles. The number of carbonyl (C=O) groups is 1. The van der Waals surface area contributed by atoms with E-state index in [2.05, 4.69) is 66.6 Å². The van der Waals surface area contributed by atoms with E-state index in [-0.39, 0.29) is 19.6 Å². The van der Waals surface area contributed by atoms with Gasteiger partial charge in [0.05, 0.1) is 19.8 Å². The number of carbonyl (C=O) groups excluding carboxylic acids is 1. The number of aliphatic hydroxyl groups is 3. The molecule has 0 radical (unpaired) electrons. The van der Waals surface area contributed by atoms with Crippen molar-refractivity contribution >= 4 is 16.4 Å². The molecule has 0 aromatic heterocycles. The normalized spacial score (nSPS) is 19.6. The zero-order valence-corrected chi connectivity index (χ0v) is 43.7. The molecule has 398 valence electrons. The highest BCUT2D eigenvalue weighted by Crippen LogP contribution is 2.26. The van der Waals surface area contributed by atoms with Crippen LogP contribution in [0.2, 0.25) is 0 Å². The van der Waals surface area contributed by atoms with Crippen molar-refractivity contribution in [2.75, 3.05) is 26.4 Å². The third-order valence-electron chi connectivity index (χ3n) is 12.4. The summed E-state index contributed by atoms with van der Waals surface area (Å²) in [6.45, 7) is 3.97. The van der Waals surface area contributed by atoms with E-state index in [4.69, 9.17) is 18.9 Å².